The molecule has 0 aliphatic heterocycles. The molecular weight excluding hydrogens is 480 g/mol. The summed E-state index contributed by atoms with van der Waals surface area (Å²) in [6, 6.07) is 22.2. The van der Waals surface area contributed by atoms with Crippen molar-refractivity contribution in [2.45, 2.75) is 11.8 Å². The van der Waals surface area contributed by atoms with Crippen molar-refractivity contribution in [1.82, 2.24) is 10.2 Å². The minimum atomic E-state index is -4.03. The normalized spacial score (nSPS) is 11.2. The zero-order chi connectivity index (χ0) is 23.4. The first-order valence-corrected chi connectivity index (χ1v) is 12.5. The Hall–Kier alpha value is -3.27. The van der Waals surface area contributed by atoms with Crippen LogP contribution in [0, 0.1) is 6.92 Å². The highest BCUT2D eigenvalue weighted by atomic mass is 35.5. The van der Waals surface area contributed by atoms with Crippen molar-refractivity contribution in [2.24, 2.45) is 0 Å². The van der Waals surface area contributed by atoms with Crippen LogP contribution in [0.2, 0.25) is 5.02 Å². The molecule has 0 atom stereocenters. The third-order valence-electron chi connectivity index (χ3n) is 4.68. The Morgan fingerprint density at radius 3 is 2.42 bits per heavy atom. The summed E-state index contributed by atoms with van der Waals surface area (Å²) >= 11 is 7.30. The monoisotopic (exact) mass is 498 g/mol. The van der Waals surface area contributed by atoms with Crippen LogP contribution in [-0.2, 0) is 14.8 Å². The number of benzene rings is 3. The van der Waals surface area contributed by atoms with E-state index in [2.05, 4.69) is 15.5 Å². The predicted octanol–water partition coefficient (Wildman–Crippen LogP) is 5.00. The molecule has 0 radical (unpaired) electrons. The number of carbonyl (C=O) groups excluding carboxylic acids is 1. The van der Waals surface area contributed by atoms with Gasteiger partial charge in [-0.15, -0.1) is 10.2 Å². The fourth-order valence-corrected chi connectivity index (χ4v) is 5.41. The maximum Gasteiger partial charge on any atom is 0.264 e. The van der Waals surface area contributed by atoms with E-state index in [9.17, 15) is 13.2 Å². The highest BCUT2D eigenvalue weighted by molar-refractivity contribution is 7.92. The van der Waals surface area contributed by atoms with Gasteiger partial charge in [-0.25, -0.2) is 8.42 Å². The summed E-state index contributed by atoms with van der Waals surface area (Å²) in [7, 11) is -4.03. The van der Waals surface area contributed by atoms with Gasteiger partial charge in [-0.3, -0.25) is 14.4 Å². The second-order valence-electron chi connectivity index (χ2n) is 7.13. The van der Waals surface area contributed by atoms with Gasteiger partial charge in [-0.2, -0.15) is 0 Å². The lowest BCUT2D eigenvalue weighted by atomic mass is 10.2. The minimum absolute atomic E-state index is 0.0724. The number of anilines is 2. The van der Waals surface area contributed by atoms with Gasteiger partial charge in [-0.1, -0.05) is 77.0 Å². The molecule has 0 aliphatic carbocycles. The largest absolute Gasteiger partial charge is 0.299 e. The summed E-state index contributed by atoms with van der Waals surface area (Å²) in [5.74, 6) is -0.554. The van der Waals surface area contributed by atoms with Crippen LogP contribution >= 0.6 is 22.9 Å². The number of carbonyl (C=O) groups is 1. The molecule has 0 saturated carbocycles. The summed E-state index contributed by atoms with van der Waals surface area (Å²) in [4.78, 5) is 12.9. The van der Waals surface area contributed by atoms with Crippen molar-refractivity contribution in [2.75, 3.05) is 16.2 Å². The van der Waals surface area contributed by atoms with Crippen LogP contribution < -0.4 is 9.62 Å². The van der Waals surface area contributed by atoms with Gasteiger partial charge in [0.05, 0.1) is 10.6 Å². The fraction of sp³-hybridized carbons (Fsp3) is 0.0870. The molecule has 10 heteroatoms. The van der Waals surface area contributed by atoms with Crippen molar-refractivity contribution in [1.29, 1.82) is 0 Å². The second kappa shape index (κ2) is 9.70. The molecule has 1 aromatic heterocycles. The van der Waals surface area contributed by atoms with Crippen LogP contribution in [0.5, 0.6) is 0 Å². The molecule has 4 rings (SSSR count). The summed E-state index contributed by atoms with van der Waals surface area (Å²) < 4.78 is 27.8. The topological polar surface area (TPSA) is 92.3 Å². The SMILES string of the molecule is Cc1ccc(S(=O)(=O)N(CC(=O)Nc2nnc(-c3ccccc3)s2)c2cccc(Cl)c2)cc1. The highest BCUT2D eigenvalue weighted by Gasteiger charge is 2.27. The van der Waals surface area contributed by atoms with Crippen LogP contribution in [0.25, 0.3) is 10.6 Å². The Kier molecular flexibility index (Phi) is 6.73. The Morgan fingerprint density at radius 2 is 1.73 bits per heavy atom. The third-order valence-corrected chi connectivity index (χ3v) is 7.60. The van der Waals surface area contributed by atoms with Crippen molar-refractivity contribution < 1.29 is 13.2 Å². The number of sulfonamides is 1. The van der Waals surface area contributed by atoms with E-state index in [-0.39, 0.29) is 15.7 Å². The van der Waals surface area contributed by atoms with Gasteiger partial charge in [0, 0.05) is 10.6 Å². The smallest absolute Gasteiger partial charge is 0.264 e. The van der Waals surface area contributed by atoms with Gasteiger partial charge in [0.15, 0.2) is 0 Å². The number of aryl methyl sites for hydroxylation is 1. The van der Waals surface area contributed by atoms with Crippen LogP contribution in [0.4, 0.5) is 10.8 Å². The van der Waals surface area contributed by atoms with Crippen LogP contribution in [0.1, 0.15) is 5.56 Å². The number of aromatic nitrogens is 2. The van der Waals surface area contributed by atoms with E-state index in [4.69, 9.17) is 11.6 Å². The summed E-state index contributed by atoms with van der Waals surface area (Å²) in [6.45, 7) is 1.40. The molecule has 168 valence electrons. The first kappa shape index (κ1) is 22.9. The number of hydrogen-bond acceptors (Lipinski definition) is 6. The molecule has 3 aromatic carbocycles. The van der Waals surface area contributed by atoms with E-state index in [1.54, 1.807) is 30.3 Å². The van der Waals surface area contributed by atoms with Crippen LogP contribution in [-0.4, -0.2) is 31.1 Å². The van der Waals surface area contributed by atoms with E-state index in [1.165, 1.54) is 29.5 Å². The average molecular weight is 499 g/mol. The van der Waals surface area contributed by atoms with Crippen molar-refractivity contribution in [3.05, 3.63) is 89.4 Å². The molecule has 0 fully saturated rings. The van der Waals surface area contributed by atoms with Gasteiger partial charge >= 0.3 is 0 Å². The zero-order valence-corrected chi connectivity index (χ0v) is 19.9. The van der Waals surface area contributed by atoms with E-state index < -0.39 is 22.5 Å². The van der Waals surface area contributed by atoms with Gasteiger partial charge in [0.25, 0.3) is 10.0 Å². The number of rotatable bonds is 7. The lowest BCUT2D eigenvalue weighted by molar-refractivity contribution is -0.114. The van der Waals surface area contributed by atoms with E-state index in [0.29, 0.717) is 10.0 Å². The Morgan fingerprint density at radius 1 is 1.00 bits per heavy atom. The molecule has 7 nitrogen and oxygen atoms in total. The Bertz CT molecular complexity index is 1370. The first-order valence-electron chi connectivity index (χ1n) is 9.87. The number of amides is 1. The average Bonchev–Trinajstić information content (AvgIpc) is 3.26. The summed E-state index contributed by atoms with van der Waals surface area (Å²) in [6.07, 6.45) is 0. The molecule has 0 saturated heterocycles. The molecular formula is C23H19ClN4O3S2. The van der Waals surface area contributed by atoms with Gasteiger partial charge in [0.1, 0.15) is 11.6 Å². The quantitative estimate of drug-likeness (QED) is 0.387. The molecule has 0 unspecified atom stereocenters. The molecule has 0 aliphatic rings. The fourth-order valence-electron chi connectivity index (χ4n) is 3.04. The number of halogens is 1. The molecule has 1 amide bonds. The molecule has 0 bridgehead atoms. The van der Waals surface area contributed by atoms with Crippen molar-refractivity contribution in [3.63, 3.8) is 0 Å². The van der Waals surface area contributed by atoms with Crippen molar-refractivity contribution in [3.8, 4) is 10.6 Å². The predicted molar refractivity (Wildman–Crippen MR) is 131 cm³/mol. The lowest BCUT2D eigenvalue weighted by Gasteiger charge is -2.24. The summed E-state index contributed by atoms with van der Waals surface area (Å²) in [5.41, 5.74) is 2.07. The lowest BCUT2D eigenvalue weighted by Crippen LogP contribution is -2.38. The van der Waals surface area contributed by atoms with Gasteiger partial charge < -0.3 is 0 Å². The second-order valence-corrected chi connectivity index (χ2v) is 10.4. The van der Waals surface area contributed by atoms with Crippen LogP contribution in [0.3, 0.4) is 0 Å². The third kappa shape index (κ3) is 5.39. The Balaban J connectivity index is 1.60. The zero-order valence-electron chi connectivity index (χ0n) is 17.5. The molecule has 1 N–H and O–H groups in total. The molecule has 33 heavy (non-hydrogen) atoms. The standard InChI is InChI=1S/C23H19ClN4O3S2/c1-16-10-12-20(13-11-16)33(30,31)28(19-9-5-8-18(24)14-19)15-21(29)25-23-27-26-22(32-23)17-6-3-2-4-7-17/h2-14H,15H2,1H3,(H,25,27,29). The highest BCUT2D eigenvalue weighted by Crippen LogP contribution is 2.28. The number of hydrogen-bond donors (Lipinski definition) is 1. The maximum atomic E-state index is 13.4. The summed E-state index contributed by atoms with van der Waals surface area (Å²) in [5, 5.41) is 12.0. The minimum Gasteiger partial charge on any atom is -0.299 e. The van der Waals surface area contributed by atoms with Gasteiger partial charge in [0.2, 0.25) is 11.0 Å². The van der Waals surface area contributed by atoms with E-state index >= 15 is 0 Å². The van der Waals surface area contributed by atoms with Crippen LogP contribution in [0.15, 0.2) is 83.8 Å². The van der Waals surface area contributed by atoms with E-state index in [0.717, 1.165) is 15.4 Å². The molecule has 4 aromatic rings. The van der Waals surface area contributed by atoms with Gasteiger partial charge in [-0.05, 0) is 37.3 Å². The number of nitrogens with zero attached hydrogens (tertiary/aromatic N) is 3. The molecule has 1 heterocycles. The first-order chi connectivity index (χ1) is 15.8. The maximum absolute atomic E-state index is 13.4. The van der Waals surface area contributed by atoms with E-state index in [1.807, 2.05) is 37.3 Å². The molecule has 0 spiro atoms. The number of nitrogens with one attached hydrogen (secondary N) is 1. The van der Waals surface area contributed by atoms with Crippen molar-refractivity contribution >= 4 is 49.7 Å². The Labute approximate surface area is 200 Å².